The number of benzene rings is 2. The van der Waals surface area contributed by atoms with Crippen molar-refractivity contribution >= 4 is 28.9 Å². The molecule has 2 aromatic carbocycles. The zero-order valence-corrected chi connectivity index (χ0v) is 12.6. The Bertz CT molecular complexity index is 700. The van der Waals surface area contributed by atoms with E-state index in [0.29, 0.717) is 5.56 Å². The van der Waals surface area contributed by atoms with Gasteiger partial charge in [-0.05, 0) is 61.5 Å². The molecule has 3 nitrogen and oxygen atoms in total. The Balaban J connectivity index is 2.04. The summed E-state index contributed by atoms with van der Waals surface area (Å²) in [6, 6.07) is 11.5. The molecule has 2 aromatic rings. The van der Waals surface area contributed by atoms with Crippen molar-refractivity contribution < 1.29 is 9.18 Å². The van der Waals surface area contributed by atoms with E-state index in [2.05, 4.69) is 10.6 Å². The van der Waals surface area contributed by atoms with Crippen LogP contribution in [0.2, 0.25) is 0 Å². The molecule has 0 aliphatic carbocycles. The number of rotatable bonds is 2. The van der Waals surface area contributed by atoms with Crippen LogP contribution in [0.25, 0.3) is 0 Å². The van der Waals surface area contributed by atoms with E-state index < -0.39 is 5.82 Å². The fourth-order valence-corrected chi connectivity index (χ4v) is 1.98. The lowest BCUT2D eigenvalue weighted by Gasteiger charge is -2.11. The smallest absolute Gasteiger partial charge is 0.257 e. The number of para-hydroxylation sites is 1. The van der Waals surface area contributed by atoms with Crippen molar-refractivity contribution in [2.24, 2.45) is 0 Å². The van der Waals surface area contributed by atoms with Gasteiger partial charge in [0.15, 0.2) is 5.11 Å². The third kappa shape index (κ3) is 3.86. The van der Waals surface area contributed by atoms with Crippen LogP contribution in [0, 0.1) is 19.7 Å². The molecule has 0 fully saturated rings. The first kappa shape index (κ1) is 15.1. The molecule has 0 aromatic heterocycles. The maximum absolute atomic E-state index is 13.5. The molecule has 0 radical (unpaired) electrons. The van der Waals surface area contributed by atoms with Gasteiger partial charge in [0.05, 0.1) is 5.69 Å². The Morgan fingerprint density at radius 1 is 1.10 bits per heavy atom. The van der Waals surface area contributed by atoms with Crippen molar-refractivity contribution in [3.63, 3.8) is 0 Å². The average molecular weight is 302 g/mol. The first-order valence-corrected chi connectivity index (χ1v) is 6.82. The summed E-state index contributed by atoms with van der Waals surface area (Å²) in [7, 11) is 0. The van der Waals surface area contributed by atoms with Gasteiger partial charge in [-0.15, -0.1) is 0 Å². The van der Waals surface area contributed by atoms with E-state index in [0.717, 1.165) is 11.1 Å². The van der Waals surface area contributed by atoms with Gasteiger partial charge in [-0.3, -0.25) is 10.1 Å². The topological polar surface area (TPSA) is 41.1 Å². The monoisotopic (exact) mass is 302 g/mol. The molecule has 0 bridgehead atoms. The molecule has 108 valence electrons. The van der Waals surface area contributed by atoms with Crippen LogP contribution in [0.4, 0.5) is 10.1 Å². The summed E-state index contributed by atoms with van der Waals surface area (Å²) in [5.41, 5.74) is 2.87. The Morgan fingerprint density at radius 2 is 1.81 bits per heavy atom. The second kappa shape index (κ2) is 6.45. The van der Waals surface area contributed by atoms with E-state index in [1.165, 1.54) is 6.07 Å². The van der Waals surface area contributed by atoms with E-state index in [1.807, 2.05) is 19.9 Å². The molecule has 0 spiro atoms. The first-order valence-electron chi connectivity index (χ1n) is 6.41. The van der Waals surface area contributed by atoms with Crippen LogP contribution in [-0.4, -0.2) is 11.0 Å². The molecule has 5 heteroatoms. The summed E-state index contributed by atoms with van der Waals surface area (Å²) in [6.07, 6.45) is 0. The van der Waals surface area contributed by atoms with Crippen LogP contribution >= 0.6 is 12.2 Å². The number of hydrogen-bond donors (Lipinski definition) is 2. The highest BCUT2D eigenvalue weighted by atomic mass is 32.1. The highest BCUT2D eigenvalue weighted by molar-refractivity contribution is 7.80. The zero-order valence-electron chi connectivity index (χ0n) is 11.7. The first-order chi connectivity index (χ1) is 9.97. The molecular weight excluding hydrogens is 287 g/mol. The number of aryl methyl sites for hydroxylation is 2. The Kier molecular flexibility index (Phi) is 4.65. The van der Waals surface area contributed by atoms with Crippen LogP contribution in [0.15, 0.2) is 42.5 Å². The zero-order chi connectivity index (χ0) is 15.4. The standard InChI is InChI=1S/C16H15FN2OS/c1-10-7-8-12(9-11(10)2)15(20)19-16(21)18-14-6-4-3-5-13(14)17/h3-9H,1-2H3,(H2,18,19,20,21). The molecular formula is C16H15FN2OS. The van der Waals surface area contributed by atoms with Gasteiger partial charge in [-0.2, -0.15) is 0 Å². The Morgan fingerprint density at radius 3 is 2.48 bits per heavy atom. The predicted molar refractivity (Wildman–Crippen MR) is 86.0 cm³/mol. The minimum absolute atomic E-state index is 0.0586. The quantitative estimate of drug-likeness (QED) is 0.833. The summed E-state index contributed by atoms with van der Waals surface area (Å²) >= 11 is 5.02. The second-order valence-corrected chi connectivity index (χ2v) is 5.10. The van der Waals surface area contributed by atoms with Crippen molar-refractivity contribution in [3.8, 4) is 0 Å². The van der Waals surface area contributed by atoms with Gasteiger partial charge in [-0.1, -0.05) is 18.2 Å². The Labute approximate surface area is 128 Å². The molecule has 0 atom stereocenters. The minimum atomic E-state index is -0.430. The number of halogens is 1. The average Bonchev–Trinajstić information content (AvgIpc) is 2.44. The van der Waals surface area contributed by atoms with Gasteiger partial charge < -0.3 is 5.32 Å². The number of thiocarbonyl (C=S) groups is 1. The highest BCUT2D eigenvalue weighted by Gasteiger charge is 2.10. The van der Waals surface area contributed by atoms with E-state index in [1.54, 1.807) is 30.3 Å². The second-order valence-electron chi connectivity index (χ2n) is 4.69. The van der Waals surface area contributed by atoms with Crippen LogP contribution in [-0.2, 0) is 0 Å². The third-order valence-corrected chi connectivity index (χ3v) is 3.32. The van der Waals surface area contributed by atoms with Crippen molar-refractivity contribution in [2.45, 2.75) is 13.8 Å². The van der Waals surface area contributed by atoms with Crippen molar-refractivity contribution in [2.75, 3.05) is 5.32 Å². The normalized spacial score (nSPS) is 10.0. The fourth-order valence-electron chi connectivity index (χ4n) is 1.77. The highest BCUT2D eigenvalue weighted by Crippen LogP contribution is 2.12. The summed E-state index contributed by atoms with van der Waals surface area (Å²) in [6.45, 7) is 3.91. The van der Waals surface area contributed by atoms with E-state index in [4.69, 9.17) is 12.2 Å². The number of hydrogen-bond acceptors (Lipinski definition) is 2. The summed E-state index contributed by atoms with van der Waals surface area (Å²) in [5.74, 6) is -0.757. The maximum Gasteiger partial charge on any atom is 0.257 e. The van der Waals surface area contributed by atoms with Gasteiger partial charge in [0.1, 0.15) is 5.82 Å². The van der Waals surface area contributed by atoms with E-state index in [9.17, 15) is 9.18 Å². The van der Waals surface area contributed by atoms with Gasteiger partial charge in [-0.25, -0.2) is 4.39 Å². The largest absolute Gasteiger partial charge is 0.330 e. The van der Waals surface area contributed by atoms with Gasteiger partial charge in [0, 0.05) is 5.56 Å². The summed E-state index contributed by atoms with van der Waals surface area (Å²) in [4.78, 5) is 12.1. The van der Waals surface area contributed by atoms with Crippen LogP contribution in [0.3, 0.4) is 0 Å². The molecule has 0 unspecified atom stereocenters. The van der Waals surface area contributed by atoms with Crippen LogP contribution in [0.5, 0.6) is 0 Å². The van der Waals surface area contributed by atoms with E-state index in [-0.39, 0.29) is 16.7 Å². The Hall–Kier alpha value is -2.27. The molecule has 0 saturated carbocycles. The minimum Gasteiger partial charge on any atom is -0.330 e. The molecule has 21 heavy (non-hydrogen) atoms. The number of anilines is 1. The predicted octanol–water partition coefficient (Wildman–Crippen LogP) is 3.57. The van der Waals surface area contributed by atoms with Crippen LogP contribution in [0.1, 0.15) is 21.5 Å². The molecule has 0 heterocycles. The number of carbonyl (C=O) groups excluding carboxylic acids is 1. The molecule has 0 aliphatic rings. The van der Waals surface area contributed by atoms with Gasteiger partial charge >= 0.3 is 0 Å². The van der Waals surface area contributed by atoms with Crippen molar-refractivity contribution in [1.29, 1.82) is 0 Å². The molecule has 1 amide bonds. The molecule has 0 aliphatic heterocycles. The van der Waals surface area contributed by atoms with Gasteiger partial charge in [0.2, 0.25) is 0 Å². The van der Waals surface area contributed by atoms with Crippen LogP contribution < -0.4 is 10.6 Å². The van der Waals surface area contributed by atoms with Crippen molar-refractivity contribution in [3.05, 3.63) is 65.0 Å². The molecule has 2 N–H and O–H groups in total. The lowest BCUT2D eigenvalue weighted by atomic mass is 10.1. The summed E-state index contributed by atoms with van der Waals surface area (Å²) < 4.78 is 13.5. The lowest BCUT2D eigenvalue weighted by Crippen LogP contribution is -2.34. The molecule has 0 saturated heterocycles. The number of carbonyl (C=O) groups is 1. The molecule has 2 rings (SSSR count). The lowest BCUT2D eigenvalue weighted by molar-refractivity contribution is 0.0977. The third-order valence-electron chi connectivity index (χ3n) is 3.12. The maximum atomic E-state index is 13.5. The SMILES string of the molecule is Cc1ccc(C(=O)NC(=S)Nc2ccccc2F)cc1C. The summed E-state index contributed by atoms with van der Waals surface area (Å²) in [5, 5.41) is 5.25. The number of nitrogens with one attached hydrogen (secondary N) is 2. The fraction of sp³-hybridized carbons (Fsp3) is 0.125. The van der Waals surface area contributed by atoms with Crippen molar-refractivity contribution in [1.82, 2.24) is 5.32 Å². The van der Waals surface area contributed by atoms with E-state index >= 15 is 0 Å². The number of amides is 1. The van der Waals surface area contributed by atoms with Gasteiger partial charge in [0.25, 0.3) is 5.91 Å².